The Labute approximate surface area is 154 Å². The lowest BCUT2D eigenvalue weighted by molar-refractivity contribution is -0.139. The summed E-state index contributed by atoms with van der Waals surface area (Å²) in [6.07, 6.45) is 0.931. The van der Waals surface area contributed by atoms with Crippen molar-refractivity contribution in [1.82, 2.24) is 15.5 Å². The van der Waals surface area contributed by atoms with E-state index in [2.05, 4.69) is 31.4 Å². The lowest BCUT2D eigenvalue weighted by Crippen LogP contribution is -2.57. The van der Waals surface area contributed by atoms with Gasteiger partial charge in [-0.2, -0.15) is 0 Å². The van der Waals surface area contributed by atoms with Gasteiger partial charge < -0.3 is 20.3 Å². The summed E-state index contributed by atoms with van der Waals surface area (Å²) in [5.74, 6) is 0.226. The van der Waals surface area contributed by atoms with Crippen LogP contribution < -0.4 is 10.6 Å². The Morgan fingerprint density at radius 1 is 1.12 bits per heavy atom. The summed E-state index contributed by atoms with van der Waals surface area (Å²) >= 11 is 0. The van der Waals surface area contributed by atoms with Gasteiger partial charge in [-0.25, -0.2) is 4.79 Å². The number of rotatable bonds is 9. The molecule has 0 saturated heterocycles. The average Bonchev–Trinajstić information content (AvgIpc) is 2.47. The van der Waals surface area contributed by atoms with Gasteiger partial charge in [-0.15, -0.1) is 0 Å². The zero-order valence-electron chi connectivity index (χ0n) is 17.7. The molecule has 0 aromatic carbocycles. The third kappa shape index (κ3) is 8.56. The highest BCUT2D eigenvalue weighted by Crippen LogP contribution is 2.26. The van der Waals surface area contributed by atoms with Gasteiger partial charge in [0, 0.05) is 31.1 Å². The van der Waals surface area contributed by atoms with Crippen LogP contribution in [0.4, 0.5) is 4.79 Å². The summed E-state index contributed by atoms with van der Waals surface area (Å²) < 4.78 is 5.29. The molecule has 0 aromatic rings. The molecule has 6 heteroatoms. The van der Waals surface area contributed by atoms with Crippen molar-refractivity contribution in [2.24, 2.45) is 5.92 Å². The van der Waals surface area contributed by atoms with E-state index in [0.717, 1.165) is 6.42 Å². The van der Waals surface area contributed by atoms with E-state index >= 15 is 0 Å². The minimum Gasteiger partial charge on any atom is -0.444 e. The molecule has 0 spiro atoms. The van der Waals surface area contributed by atoms with E-state index in [9.17, 15) is 9.59 Å². The topological polar surface area (TPSA) is 70.7 Å². The highest BCUT2D eigenvalue weighted by atomic mass is 16.6. The summed E-state index contributed by atoms with van der Waals surface area (Å²) in [4.78, 5) is 26.5. The first-order valence-corrected chi connectivity index (χ1v) is 9.29. The number of ether oxygens (including phenoxy) is 1. The van der Waals surface area contributed by atoms with E-state index in [1.165, 1.54) is 0 Å². The summed E-state index contributed by atoms with van der Waals surface area (Å²) in [5, 5.41) is 6.02. The monoisotopic (exact) mass is 357 g/mol. The Hall–Kier alpha value is -1.30. The molecule has 2 amide bonds. The number of nitrogens with zero attached hydrogens (tertiary/aromatic N) is 1. The van der Waals surface area contributed by atoms with Crippen molar-refractivity contribution in [2.45, 2.75) is 85.4 Å². The van der Waals surface area contributed by atoms with Crippen LogP contribution in [0, 0.1) is 5.92 Å². The molecule has 0 fully saturated rings. The van der Waals surface area contributed by atoms with E-state index in [1.54, 1.807) is 0 Å². The van der Waals surface area contributed by atoms with Crippen LogP contribution in [0.25, 0.3) is 0 Å². The number of likely N-dealkylation sites (N-methyl/N-ethyl adjacent to an activating group) is 1. The molecule has 0 aliphatic heterocycles. The first kappa shape index (κ1) is 23.7. The van der Waals surface area contributed by atoms with Crippen molar-refractivity contribution in [3.05, 3.63) is 0 Å². The predicted octanol–water partition coefficient (Wildman–Crippen LogP) is 3.16. The zero-order valence-corrected chi connectivity index (χ0v) is 17.7. The second-order valence-electron chi connectivity index (χ2n) is 8.38. The van der Waals surface area contributed by atoms with Gasteiger partial charge in [0.2, 0.25) is 5.91 Å². The summed E-state index contributed by atoms with van der Waals surface area (Å²) in [5.41, 5.74) is -0.902. The van der Waals surface area contributed by atoms with E-state index in [0.29, 0.717) is 19.5 Å². The van der Waals surface area contributed by atoms with E-state index < -0.39 is 11.7 Å². The van der Waals surface area contributed by atoms with Crippen LogP contribution >= 0.6 is 0 Å². The van der Waals surface area contributed by atoms with Gasteiger partial charge in [-0.05, 0) is 60.9 Å². The third-order valence-electron chi connectivity index (χ3n) is 4.57. The second-order valence-corrected chi connectivity index (χ2v) is 8.38. The van der Waals surface area contributed by atoms with Crippen LogP contribution in [0.5, 0.6) is 0 Å². The Morgan fingerprint density at radius 3 is 2.12 bits per heavy atom. The number of carbonyl (C=O) groups is 2. The lowest BCUT2D eigenvalue weighted by atomic mass is 9.86. The number of hydrogen-bond donors (Lipinski definition) is 2. The maximum absolute atomic E-state index is 12.7. The van der Waals surface area contributed by atoms with Crippen molar-refractivity contribution in [2.75, 3.05) is 20.1 Å². The maximum Gasteiger partial charge on any atom is 0.407 e. The zero-order chi connectivity index (χ0) is 19.8. The highest BCUT2D eigenvalue weighted by Gasteiger charge is 2.36. The molecule has 0 aliphatic carbocycles. The highest BCUT2D eigenvalue weighted by molar-refractivity contribution is 5.77. The molecule has 0 rings (SSSR count). The minimum atomic E-state index is -0.520. The molecule has 148 valence electrons. The van der Waals surface area contributed by atoms with Gasteiger partial charge >= 0.3 is 6.09 Å². The quantitative estimate of drug-likeness (QED) is 0.665. The molecule has 0 bridgehead atoms. The first-order chi connectivity index (χ1) is 11.3. The summed E-state index contributed by atoms with van der Waals surface area (Å²) in [7, 11) is 1.90. The normalized spacial score (nSPS) is 14.6. The molecular formula is C19H39N3O3. The SMILES string of the molecule is CCCC(=O)N(CC(C)NC)C(C)(C)C(C)CNC(=O)OC(C)(C)C. The Balaban J connectivity index is 5.02. The van der Waals surface area contributed by atoms with Gasteiger partial charge in [0.15, 0.2) is 0 Å². The van der Waals surface area contributed by atoms with Crippen molar-refractivity contribution in [1.29, 1.82) is 0 Å². The van der Waals surface area contributed by atoms with Crippen LogP contribution in [0.15, 0.2) is 0 Å². The van der Waals surface area contributed by atoms with Crippen molar-refractivity contribution in [3.63, 3.8) is 0 Å². The number of alkyl carbamates (subject to hydrolysis) is 1. The van der Waals surface area contributed by atoms with Crippen LogP contribution in [0.2, 0.25) is 0 Å². The molecule has 2 N–H and O–H groups in total. The van der Waals surface area contributed by atoms with Gasteiger partial charge in [0.25, 0.3) is 0 Å². The Bertz CT molecular complexity index is 430. The second kappa shape index (κ2) is 10.00. The van der Waals surface area contributed by atoms with Crippen molar-refractivity contribution in [3.8, 4) is 0 Å². The molecule has 0 saturated carbocycles. The third-order valence-corrected chi connectivity index (χ3v) is 4.57. The smallest absolute Gasteiger partial charge is 0.407 e. The summed E-state index contributed by atoms with van der Waals surface area (Å²) in [6.45, 7) is 16.8. The van der Waals surface area contributed by atoms with Crippen LogP contribution in [0.1, 0.15) is 68.2 Å². The molecule has 2 unspecified atom stereocenters. The molecule has 25 heavy (non-hydrogen) atoms. The lowest BCUT2D eigenvalue weighted by Gasteiger charge is -2.44. The van der Waals surface area contributed by atoms with Gasteiger partial charge in [0.1, 0.15) is 5.60 Å². The number of hydrogen-bond acceptors (Lipinski definition) is 4. The van der Waals surface area contributed by atoms with Crippen molar-refractivity contribution >= 4 is 12.0 Å². The van der Waals surface area contributed by atoms with E-state index in [4.69, 9.17) is 4.74 Å². The number of carbonyl (C=O) groups excluding carboxylic acids is 2. The molecule has 6 nitrogen and oxygen atoms in total. The Kier molecular flexibility index (Phi) is 9.48. The van der Waals surface area contributed by atoms with E-state index in [1.807, 2.05) is 46.6 Å². The van der Waals surface area contributed by atoms with Gasteiger partial charge in [0.05, 0.1) is 0 Å². The number of nitrogens with one attached hydrogen (secondary N) is 2. The standard InChI is InChI=1S/C19H39N3O3/c1-10-11-16(23)22(13-15(3)20-9)19(7,8)14(2)12-21-17(24)25-18(4,5)6/h14-15,20H,10-13H2,1-9H3,(H,21,24). The van der Waals surface area contributed by atoms with Crippen LogP contribution in [-0.2, 0) is 9.53 Å². The Morgan fingerprint density at radius 2 is 1.68 bits per heavy atom. The molecular weight excluding hydrogens is 318 g/mol. The molecule has 0 radical (unpaired) electrons. The average molecular weight is 358 g/mol. The van der Waals surface area contributed by atoms with Gasteiger partial charge in [-0.1, -0.05) is 13.8 Å². The fourth-order valence-corrected chi connectivity index (χ4v) is 2.44. The van der Waals surface area contributed by atoms with Crippen LogP contribution in [0.3, 0.4) is 0 Å². The maximum atomic E-state index is 12.7. The molecule has 0 aromatic heterocycles. The fourth-order valence-electron chi connectivity index (χ4n) is 2.44. The molecule has 0 aliphatic rings. The predicted molar refractivity (Wildman–Crippen MR) is 103 cm³/mol. The fraction of sp³-hybridized carbons (Fsp3) is 0.895. The largest absolute Gasteiger partial charge is 0.444 e. The first-order valence-electron chi connectivity index (χ1n) is 9.29. The molecule has 0 heterocycles. The van der Waals surface area contributed by atoms with E-state index in [-0.39, 0.29) is 23.4 Å². The van der Waals surface area contributed by atoms with Gasteiger partial charge in [-0.3, -0.25) is 4.79 Å². The van der Waals surface area contributed by atoms with Crippen LogP contribution in [-0.4, -0.2) is 54.2 Å². The summed E-state index contributed by atoms with van der Waals surface area (Å²) in [6, 6.07) is 0.200. The minimum absolute atomic E-state index is 0.0740. The van der Waals surface area contributed by atoms with Crippen molar-refractivity contribution < 1.29 is 14.3 Å². The molecule has 2 atom stereocenters. The number of amides is 2.